The Hall–Kier alpha value is -2.57. The second-order valence-electron chi connectivity index (χ2n) is 5.53. The van der Waals surface area contributed by atoms with E-state index in [1.54, 1.807) is 0 Å². The van der Waals surface area contributed by atoms with Crippen molar-refractivity contribution >= 4 is 30.0 Å². The first-order valence-electron chi connectivity index (χ1n) is 7.75. The van der Waals surface area contributed by atoms with Crippen LogP contribution in [0.15, 0.2) is 48.5 Å². The van der Waals surface area contributed by atoms with E-state index >= 15 is 0 Å². The van der Waals surface area contributed by atoms with Crippen LogP contribution >= 0.6 is 12.4 Å². The van der Waals surface area contributed by atoms with Crippen LogP contribution in [-0.2, 0) is 24.2 Å². The molecule has 0 radical (unpaired) electrons. The van der Waals surface area contributed by atoms with E-state index < -0.39 is 6.03 Å². The summed E-state index contributed by atoms with van der Waals surface area (Å²) in [7, 11) is 0. The van der Waals surface area contributed by atoms with Gasteiger partial charge in [-0.1, -0.05) is 36.4 Å². The van der Waals surface area contributed by atoms with E-state index in [4.69, 9.17) is 5.84 Å². The van der Waals surface area contributed by atoms with E-state index in [0.717, 1.165) is 24.1 Å². The minimum Gasteiger partial charge on any atom is -0.333 e. The average Bonchev–Trinajstić information content (AvgIpc) is 2.58. The fraction of sp³-hybridized carbons (Fsp3) is 0.222. The maximum absolute atomic E-state index is 11.1. The highest BCUT2D eigenvalue weighted by Gasteiger charge is 2.01. The summed E-state index contributed by atoms with van der Waals surface area (Å²) in [5.41, 5.74) is 6.24. The summed E-state index contributed by atoms with van der Waals surface area (Å²) in [5, 5.41) is 5.43. The molecule has 0 unspecified atom stereocenters. The number of aryl methyl sites for hydroxylation is 2. The highest BCUT2D eigenvalue weighted by atomic mass is 35.5. The number of hydrogen-bond donors (Lipinski definition) is 4. The molecule has 0 atom stereocenters. The molecule has 0 bridgehead atoms. The van der Waals surface area contributed by atoms with Gasteiger partial charge in [-0.15, -0.1) is 12.4 Å². The molecule has 25 heavy (non-hydrogen) atoms. The molecule has 0 spiro atoms. The molecular weight excluding hydrogens is 340 g/mol. The number of carbonyl (C=O) groups is 2. The van der Waals surface area contributed by atoms with E-state index in [2.05, 4.69) is 28.8 Å². The van der Waals surface area contributed by atoms with Crippen LogP contribution in [0.1, 0.15) is 23.6 Å². The fourth-order valence-electron chi connectivity index (χ4n) is 2.35. The first kappa shape index (κ1) is 20.5. The van der Waals surface area contributed by atoms with Crippen molar-refractivity contribution < 1.29 is 9.59 Å². The van der Waals surface area contributed by atoms with Crippen molar-refractivity contribution in [1.29, 1.82) is 0 Å². The first-order valence-corrected chi connectivity index (χ1v) is 7.75. The van der Waals surface area contributed by atoms with Crippen molar-refractivity contribution in [1.82, 2.24) is 10.7 Å². The molecule has 7 heteroatoms. The molecule has 2 rings (SSSR count). The van der Waals surface area contributed by atoms with Crippen LogP contribution in [0.5, 0.6) is 0 Å². The molecule has 0 fully saturated rings. The van der Waals surface area contributed by atoms with Crippen molar-refractivity contribution in [3.63, 3.8) is 0 Å². The molecule has 3 amide bonds. The Morgan fingerprint density at radius 3 is 2.24 bits per heavy atom. The van der Waals surface area contributed by atoms with Gasteiger partial charge in [-0.25, -0.2) is 10.6 Å². The molecule has 0 aliphatic heterocycles. The summed E-state index contributed by atoms with van der Waals surface area (Å²) in [6.45, 7) is 1.93. The number of nitrogens with two attached hydrogens (primary N) is 1. The Bertz CT molecular complexity index is 704. The number of urea groups is 1. The Kier molecular flexibility index (Phi) is 8.46. The number of rotatable bonds is 6. The number of hydrazine groups is 1. The lowest BCUT2D eigenvalue weighted by molar-refractivity contribution is -0.114. The highest BCUT2D eigenvalue weighted by molar-refractivity contribution is 5.88. The number of amides is 3. The van der Waals surface area contributed by atoms with Gasteiger partial charge in [-0.3, -0.25) is 10.2 Å². The van der Waals surface area contributed by atoms with Gasteiger partial charge in [0, 0.05) is 19.2 Å². The monoisotopic (exact) mass is 362 g/mol. The molecule has 2 aromatic carbocycles. The minimum atomic E-state index is -0.405. The second kappa shape index (κ2) is 10.3. The summed E-state index contributed by atoms with van der Waals surface area (Å²) in [5.74, 6) is 4.94. The lowest BCUT2D eigenvalue weighted by Gasteiger charge is -2.07. The van der Waals surface area contributed by atoms with Gasteiger partial charge >= 0.3 is 6.03 Å². The van der Waals surface area contributed by atoms with Crippen molar-refractivity contribution in [3.8, 4) is 0 Å². The minimum absolute atomic E-state index is 0. The first-order chi connectivity index (χ1) is 11.6. The molecule has 0 saturated carbocycles. The van der Waals surface area contributed by atoms with Crippen molar-refractivity contribution in [2.24, 2.45) is 5.84 Å². The Balaban J connectivity index is 0.00000312. The van der Waals surface area contributed by atoms with E-state index in [0.29, 0.717) is 6.54 Å². The van der Waals surface area contributed by atoms with Crippen LogP contribution < -0.4 is 21.9 Å². The topological polar surface area (TPSA) is 96.2 Å². The number of benzene rings is 2. The molecule has 134 valence electrons. The molecule has 2 aromatic rings. The van der Waals surface area contributed by atoms with Crippen molar-refractivity contribution in [2.75, 3.05) is 5.32 Å². The van der Waals surface area contributed by atoms with Crippen LogP contribution in [0.25, 0.3) is 0 Å². The zero-order chi connectivity index (χ0) is 17.4. The third kappa shape index (κ3) is 7.24. The molecule has 0 saturated heterocycles. The van der Waals surface area contributed by atoms with Crippen LogP contribution in [0.3, 0.4) is 0 Å². The number of anilines is 1. The quantitative estimate of drug-likeness (QED) is 0.361. The lowest BCUT2D eigenvalue weighted by atomic mass is 10.0. The van der Waals surface area contributed by atoms with Crippen molar-refractivity contribution in [3.05, 3.63) is 65.2 Å². The van der Waals surface area contributed by atoms with Gasteiger partial charge in [-0.2, -0.15) is 0 Å². The van der Waals surface area contributed by atoms with Gasteiger partial charge < -0.3 is 10.6 Å². The third-order valence-electron chi connectivity index (χ3n) is 3.56. The maximum atomic E-state index is 11.1. The second-order valence-corrected chi connectivity index (χ2v) is 5.53. The van der Waals surface area contributed by atoms with Gasteiger partial charge in [-0.05, 0) is 41.7 Å². The number of hydrogen-bond acceptors (Lipinski definition) is 3. The predicted octanol–water partition coefficient (Wildman–Crippen LogP) is 2.52. The van der Waals surface area contributed by atoms with Crippen molar-refractivity contribution in [2.45, 2.75) is 26.3 Å². The van der Waals surface area contributed by atoms with Gasteiger partial charge in [0.15, 0.2) is 0 Å². The van der Waals surface area contributed by atoms with Crippen LogP contribution in [-0.4, -0.2) is 11.9 Å². The molecule has 0 aliphatic rings. The average molecular weight is 363 g/mol. The largest absolute Gasteiger partial charge is 0.333 e. The molecule has 0 aliphatic carbocycles. The van der Waals surface area contributed by atoms with Gasteiger partial charge in [0.2, 0.25) is 5.91 Å². The summed E-state index contributed by atoms with van der Waals surface area (Å²) < 4.78 is 0. The standard InChI is InChI=1S/C18H22N4O2.ClH/c1-13(23)21-17-4-2-3-15(11-17)8-5-14-6-9-16(10-7-14)12-20-18(24)22-19;/h2-4,6-7,9-11H,5,8,12,19H2,1H3,(H,21,23)(H2,20,22,24);1H. The van der Waals surface area contributed by atoms with Gasteiger partial charge in [0.25, 0.3) is 0 Å². The Morgan fingerprint density at radius 1 is 0.960 bits per heavy atom. The van der Waals surface area contributed by atoms with Gasteiger partial charge in [0.1, 0.15) is 0 Å². The summed E-state index contributed by atoms with van der Waals surface area (Å²) in [4.78, 5) is 22.1. The Morgan fingerprint density at radius 2 is 1.60 bits per heavy atom. The van der Waals surface area contributed by atoms with Crippen LogP contribution in [0.4, 0.5) is 10.5 Å². The van der Waals surface area contributed by atoms with E-state index in [1.165, 1.54) is 18.1 Å². The summed E-state index contributed by atoms with van der Waals surface area (Å²) in [6.07, 6.45) is 1.79. The number of nitrogens with one attached hydrogen (secondary N) is 3. The molecule has 6 nitrogen and oxygen atoms in total. The Labute approximate surface area is 153 Å². The zero-order valence-corrected chi connectivity index (χ0v) is 14.9. The highest BCUT2D eigenvalue weighted by Crippen LogP contribution is 2.14. The summed E-state index contributed by atoms with van der Waals surface area (Å²) >= 11 is 0. The normalized spacial score (nSPS) is 9.68. The SMILES string of the molecule is CC(=O)Nc1cccc(CCc2ccc(CNC(=O)NN)cc2)c1.Cl. The zero-order valence-electron chi connectivity index (χ0n) is 14.0. The van der Waals surface area contributed by atoms with Crippen LogP contribution in [0.2, 0.25) is 0 Å². The number of halogens is 1. The lowest BCUT2D eigenvalue weighted by Crippen LogP contribution is -2.39. The maximum Gasteiger partial charge on any atom is 0.329 e. The van der Waals surface area contributed by atoms with E-state index in [1.807, 2.05) is 35.8 Å². The molecular formula is C18H23ClN4O2. The third-order valence-corrected chi connectivity index (χ3v) is 3.56. The van der Waals surface area contributed by atoms with E-state index in [-0.39, 0.29) is 18.3 Å². The smallest absolute Gasteiger partial charge is 0.329 e. The predicted molar refractivity (Wildman–Crippen MR) is 101 cm³/mol. The van der Waals surface area contributed by atoms with Crippen LogP contribution in [0, 0.1) is 0 Å². The number of carbonyl (C=O) groups excluding carboxylic acids is 2. The molecule has 0 heterocycles. The fourth-order valence-corrected chi connectivity index (χ4v) is 2.35. The molecule has 5 N–H and O–H groups in total. The summed E-state index contributed by atoms with van der Waals surface area (Å²) in [6, 6.07) is 15.5. The molecule has 0 aromatic heterocycles. The van der Waals surface area contributed by atoms with E-state index in [9.17, 15) is 9.59 Å². The van der Waals surface area contributed by atoms with Gasteiger partial charge in [0.05, 0.1) is 0 Å².